The molecular formula is C21H28N4O3. The number of carbonyl (C=O) groups excluding carboxylic acids is 1. The third-order valence-corrected chi connectivity index (χ3v) is 5.67. The average Bonchev–Trinajstić information content (AvgIpc) is 3.40. The zero-order valence-electron chi connectivity index (χ0n) is 16.6. The molecule has 28 heavy (non-hydrogen) atoms. The Morgan fingerprint density at radius 2 is 2.00 bits per heavy atom. The highest BCUT2D eigenvalue weighted by Gasteiger charge is 2.27. The molecule has 2 amide bonds. The molecule has 1 saturated carbocycles. The number of likely N-dealkylation sites (tertiary alicyclic amines) is 1. The molecule has 1 aliphatic carbocycles. The van der Waals surface area contributed by atoms with Crippen molar-refractivity contribution in [3.8, 4) is 0 Å². The standard InChI is InChI=1S/C21H28N4O3/c1-14-3-6-18(11-15(14)2)22-21(26)25-9-7-17(8-10-25)20-23-19(28-24-20)13-27-12-16-4-5-16/h3,6,11,16-17H,4-5,7-10,12-13H2,1-2H3,(H,22,26). The van der Waals surface area contributed by atoms with Crippen LogP contribution in [0.1, 0.15) is 54.4 Å². The fourth-order valence-electron chi connectivity index (χ4n) is 3.45. The summed E-state index contributed by atoms with van der Waals surface area (Å²) in [5.74, 6) is 2.23. The van der Waals surface area contributed by atoms with Gasteiger partial charge in [0.1, 0.15) is 6.61 Å². The second kappa shape index (κ2) is 8.31. The molecule has 1 aliphatic heterocycles. The van der Waals surface area contributed by atoms with Crippen molar-refractivity contribution in [2.24, 2.45) is 5.92 Å². The lowest BCUT2D eigenvalue weighted by Crippen LogP contribution is -2.40. The van der Waals surface area contributed by atoms with Gasteiger partial charge in [0.2, 0.25) is 0 Å². The Morgan fingerprint density at radius 3 is 2.71 bits per heavy atom. The van der Waals surface area contributed by atoms with Crippen LogP contribution in [0.15, 0.2) is 22.7 Å². The number of rotatable bonds is 6. The third-order valence-electron chi connectivity index (χ3n) is 5.67. The Balaban J connectivity index is 1.25. The number of nitrogens with zero attached hydrogens (tertiary/aromatic N) is 3. The van der Waals surface area contributed by atoms with E-state index in [0.717, 1.165) is 36.9 Å². The number of benzene rings is 1. The molecule has 1 saturated heterocycles. The number of urea groups is 1. The van der Waals surface area contributed by atoms with Crippen LogP contribution in [0, 0.1) is 19.8 Å². The van der Waals surface area contributed by atoms with Crippen molar-refractivity contribution >= 4 is 11.7 Å². The lowest BCUT2D eigenvalue weighted by Gasteiger charge is -2.30. The molecule has 0 bridgehead atoms. The minimum Gasteiger partial charge on any atom is -0.371 e. The maximum atomic E-state index is 12.5. The van der Waals surface area contributed by atoms with Crippen molar-refractivity contribution in [3.05, 3.63) is 41.0 Å². The van der Waals surface area contributed by atoms with E-state index in [1.165, 1.54) is 24.0 Å². The van der Waals surface area contributed by atoms with Crippen LogP contribution in [0.5, 0.6) is 0 Å². The van der Waals surface area contributed by atoms with E-state index in [1.54, 1.807) is 0 Å². The summed E-state index contributed by atoms with van der Waals surface area (Å²) in [5.41, 5.74) is 3.23. The van der Waals surface area contributed by atoms with Crippen molar-refractivity contribution < 1.29 is 14.1 Å². The molecule has 1 N–H and O–H groups in total. The maximum Gasteiger partial charge on any atom is 0.321 e. The number of hydrogen-bond acceptors (Lipinski definition) is 5. The van der Waals surface area contributed by atoms with Gasteiger partial charge in [-0.25, -0.2) is 4.79 Å². The fourth-order valence-corrected chi connectivity index (χ4v) is 3.45. The van der Waals surface area contributed by atoms with E-state index in [9.17, 15) is 4.79 Å². The Hall–Kier alpha value is -2.41. The molecule has 0 spiro atoms. The van der Waals surface area contributed by atoms with Crippen molar-refractivity contribution in [2.45, 2.75) is 52.1 Å². The molecule has 4 rings (SSSR count). The van der Waals surface area contributed by atoms with Crippen LogP contribution in [-0.2, 0) is 11.3 Å². The quantitative estimate of drug-likeness (QED) is 0.813. The van der Waals surface area contributed by atoms with Crippen LogP contribution in [0.25, 0.3) is 0 Å². The number of aryl methyl sites for hydroxylation is 2. The number of nitrogens with one attached hydrogen (secondary N) is 1. The van der Waals surface area contributed by atoms with Gasteiger partial charge in [-0.05, 0) is 68.7 Å². The SMILES string of the molecule is Cc1ccc(NC(=O)N2CCC(c3noc(COCC4CC4)n3)CC2)cc1C. The number of amides is 2. The van der Waals surface area contributed by atoms with Crippen LogP contribution in [0.4, 0.5) is 10.5 Å². The topological polar surface area (TPSA) is 80.5 Å². The zero-order chi connectivity index (χ0) is 19.5. The molecule has 7 nitrogen and oxygen atoms in total. The van der Waals surface area contributed by atoms with Gasteiger partial charge in [0.15, 0.2) is 5.82 Å². The summed E-state index contributed by atoms with van der Waals surface area (Å²) < 4.78 is 10.9. The summed E-state index contributed by atoms with van der Waals surface area (Å²) in [5, 5.41) is 7.12. The van der Waals surface area contributed by atoms with Crippen molar-refractivity contribution in [3.63, 3.8) is 0 Å². The van der Waals surface area contributed by atoms with Gasteiger partial charge in [-0.2, -0.15) is 4.98 Å². The van der Waals surface area contributed by atoms with Crippen molar-refractivity contribution in [2.75, 3.05) is 25.0 Å². The Bertz CT molecular complexity index is 823. The molecule has 0 radical (unpaired) electrons. The number of hydrogen-bond donors (Lipinski definition) is 1. The monoisotopic (exact) mass is 384 g/mol. The Morgan fingerprint density at radius 1 is 1.21 bits per heavy atom. The van der Waals surface area contributed by atoms with E-state index in [2.05, 4.69) is 22.4 Å². The molecule has 2 aliphatic rings. The molecular weight excluding hydrogens is 356 g/mol. The molecule has 1 aromatic carbocycles. The average molecular weight is 384 g/mol. The highest BCUT2D eigenvalue weighted by molar-refractivity contribution is 5.89. The van der Waals surface area contributed by atoms with Crippen LogP contribution >= 0.6 is 0 Å². The minimum absolute atomic E-state index is 0.0519. The molecule has 1 aromatic heterocycles. The molecule has 2 aromatic rings. The number of aromatic nitrogens is 2. The first-order chi connectivity index (χ1) is 13.6. The van der Waals surface area contributed by atoms with Crippen LogP contribution in [0.3, 0.4) is 0 Å². The number of ether oxygens (including phenoxy) is 1. The van der Waals surface area contributed by atoms with E-state index in [4.69, 9.17) is 9.26 Å². The normalized spacial score (nSPS) is 17.7. The van der Waals surface area contributed by atoms with E-state index >= 15 is 0 Å². The van der Waals surface area contributed by atoms with Gasteiger partial charge >= 0.3 is 6.03 Å². The predicted molar refractivity (Wildman–Crippen MR) is 105 cm³/mol. The summed E-state index contributed by atoms with van der Waals surface area (Å²) in [7, 11) is 0. The van der Waals surface area contributed by atoms with E-state index in [0.29, 0.717) is 25.6 Å². The van der Waals surface area contributed by atoms with Crippen molar-refractivity contribution in [1.29, 1.82) is 0 Å². The van der Waals surface area contributed by atoms with Gasteiger partial charge < -0.3 is 19.5 Å². The lowest BCUT2D eigenvalue weighted by molar-refractivity contribution is 0.0894. The number of carbonyl (C=O) groups is 1. The maximum absolute atomic E-state index is 12.5. The van der Waals surface area contributed by atoms with Crippen LogP contribution in [0.2, 0.25) is 0 Å². The number of anilines is 1. The van der Waals surface area contributed by atoms with Crippen molar-refractivity contribution in [1.82, 2.24) is 15.0 Å². The first kappa shape index (κ1) is 18.9. The fraction of sp³-hybridized carbons (Fsp3) is 0.571. The summed E-state index contributed by atoms with van der Waals surface area (Å²) in [4.78, 5) is 18.9. The minimum atomic E-state index is -0.0519. The van der Waals surface area contributed by atoms with Gasteiger partial charge in [0.05, 0.1) is 6.61 Å². The van der Waals surface area contributed by atoms with Crippen LogP contribution < -0.4 is 5.32 Å². The molecule has 2 heterocycles. The highest BCUT2D eigenvalue weighted by atomic mass is 16.5. The van der Waals surface area contributed by atoms with Crippen LogP contribution in [-0.4, -0.2) is 40.8 Å². The number of piperidine rings is 1. The van der Waals surface area contributed by atoms with Gasteiger partial charge in [0, 0.05) is 24.7 Å². The van der Waals surface area contributed by atoms with E-state index < -0.39 is 0 Å². The van der Waals surface area contributed by atoms with Gasteiger partial charge in [-0.15, -0.1) is 0 Å². The second-order valence-electron chi connectivity index (χ2n) is 8.00. The second-order valence-corrected chi connectivity index (χ2v) is 8.00. The third kappa shape index (κ3) is 4.70. The van der Waals surface area contributed by atoms with Gasteiger partial charge in [-0.3, -0.25) is 0 Å². The largest absolute Gasteiger partial charge is 0.371 e. The summed E-state index contributed by atoms with van der Waals surface area (Å²) in [6.07, 6.45) is 4.21. The molecule has 0 unspecified atom stereocenters. The smallest absolute Gasteiger partial charge is 0.321 e. The summed E-state index contributed by atoms with van der Waals surface area (Å²) in [6, 6.07) is 5.92. The summed E-state index contributed by atoms with van der Waals surface area (Å²) >= 11 is 0. The summed E-state index contributed by atoms with van der Waals surface area (Å²) in [6.45, 7) is 6.65. The molecule has 7 heteroatoms. The predicted octanol–water partition coefficient (Wildman–Crippen LogP) is 4.02. The first-order valence-corrected chi connectivity index (χ1v) is 10.1. The Labute approximate surface area is 165 Å². The first-order valence-electron chi connectivity index (χ1n) is 10.1. The molecule has 0 atom stereocenters. The zero-order valence-corrected chi connectivity index (χ0v) is 16.6. The van der Waals surface area contributed by atoms with Gasteiger partial charge in [-0.1, -0.05) is 11.2 Å². The highest BCUT2D eigenvalue weighted by Crippen LogP contribution is 2.29. The van der Waals surface area contributed by atoms with Gasteiger partial charge in [0.25, 0.3) is 5.89 Å². The lowest BCUT2D eigenvalue weighted by atomic mass is 9.96. The molecule has 150 valence electrons. The van der Waals surface area contributed by atoms with E-state index in [-0.39, 0.29) is 11.9 Å². The van der Waals surface area contributed by atoms with E-state index in [1.807, 2.05) is 30.0 Å². The molecule has 2 fully saturated rings. The Kier molecular flexibility index (Phi) is 5.62.